The van der Waals surface area contributed by atoms with Crippen LogP contribution < -0.4 is 0 Å². The molecule has 84 valence electrons. The molecule has 1 atom stereocenters. The fourth-order valence-electron chi connectivity index (χ4n) is 1.23. The third kappa shape index (κ3) is 2.73. The number of aliphatic hydroxyl groups is 1. The van der Waals surface area contributed by atoms with Gasteiger partial charge in [-0.2, -0.15) is 0 Å². The van der Waals surface area contributed by atoms with Crippen molar-refractivity contribution in [2.24, 2.45) is 5.11 Å². The van der Waals surface area contributed by atoms with Crippen molar-refractivity contribution >= 4 is 5.97 Å². The average molecular weight is 221 g/mol. The molecule has 0 aliphatic carbocycles. The zero-order valence-corrected chi connectivity index (χ0v) is 8.70. The summed E-state index contributed by atoms with van der Waals surface area (Å²) >= 11 is 0. The normalized spacial score (nSPS) is 11.4. The highest BCUT2D eigenvalue weighted by Crippen LogP contribution is 2.17. The number of benzene rings is 1. The van der Waals surface area contributed by atoms with E-state index in [1.807, 2.05) is 0 Å². The van der Waals surface area contributed by atoms with E-state index in [2.05, 4.69) is 14.8 Å². The number of carbonyl (C=O) groups is 1. The van der Waals surface area contributed by atoms with Crippen LogP contribution in [0, 0.1) is 0 Å². The van der Waals surface area contributed by atoms with E-state index >= 15 is 0 Å². The quantitative estimate of drug-likeness (QED) is 0.363. The predicted octanol–water partition coefficient (Wildman–Crippen LogP) is 1.82. The minimum absolute atomic E-state index is 0.276. The summed E-state index contributed by atoms with van der Waals surface area (Å²) in [7, 11) is 1.30. The molecule has 6 heteroatoms. The standard InChI is InChI=1S/C10H11N3O3/c1-16-10(15)8-4-2-7(3-5-8)9(6-14)12-13-11/h2-5,9,14H,6H2,1H3. The second kappa shape index (κ2) is 5.75. The first kappa shape index (κ1) is 12.0. The van der Waals surface area contributed by atoms with Crippen LogP contribution in [0.4, 0.5) is 0 Å². The molecule has 1 aromatic rings. The maximum Gasteiger partial charge on any atom is 0.337 e. The van der Waals surface area contributed by atoms with Crippen molar-refractivity contribution in [2.45, 2.75) is 6.04 Å². The van der Waals surface area contributed by atoms with Crippen LogP contribution in [-0.4, -0.2) is 24.8 Å². The van der Waals surface area contributed by atoms with Crippen LogP contribution in [0.3, 0.4) is 0 Å². The van der Waals surface area contributed by atoms with E-state index in [0.717, 1.165) is 0 Å². The van der Waals surface area contributed by atoms with Crippen molar-refractivity contribution < 1.29 is 14.6 Å². The maximum absolute atomic E-state index is 11.1. The SMILES string of the molecule is COC(=O)c1ccc(C(CO)N=[N+]=[N-])cc1. The molecule has 0 aromatic heterocycles. The van der Waals surface area contributed by atoms with Crippen LogP contribution in [0.5, 0.6) is 0 Å². The summed E-state index contributed by atoms with van der Waals surface area (Å²) in [6, 6.07) is 5.70. The van der Waals surface area contributed by atoms with Gasteiger partial charge in [-0.15, -0.1) is 0 Å². The lowest BCUT2D eigenvalue weighted by Crippen LogP contribution is -2.03. The van der Waals surface area contributed by atoms with Crippen molar-refractivity contribution in [3.05, 3.63) is 45.8 Å². The van der Waals surface area contributed by atoms with Gasteiger partial charge in [-0.1, -0.05) is 17.2 Å². The van der Waals surface area contributed by atoms with E-state index < -0.39 is 12.0 Å². The largest absolute Gasteiger partial charge is 0.465 e. The van der Waals surface area contributed by atoms with Gasteiger partial charge >= 0.3 is 5.97 Å². The number of rotatable bonds is 4. The molecule has 0 radical (unpaired) electrons. The van der Waals surface area contributed by atoms with E-state index in [9.17, 15) is 4.79 Å². The summed E-state index contributed by atoms with van der Waals surface area (Å²) in [5, 5.41) is 12.4. The van der Waals surface area contributed by atoms with E-state index in [1.165, 1.54) is 7.11 Å². The molecule has 1 unspecified atom stereocenters. The minimum Gasteiger partial charge on any atom is -0.465 e. The van der Waals surface area contributed by atoms with Crippen molar-refractivity contribution in [2.75, 3.05) is 13.7 Å². The topological polar surface area (TPSA) is 95.3 Å². The Morgan fingerprint density at radius 1 is 1.56 bits per heavy atom. The monoisotopic (exact) mass is 221 g/mol. The second-order valence-electron chi connectivity index (χ2n) is 3.02. The fraction of sp³-hybridized carbons (Fsp3) is 0.300. The molecular formula is C10H11N3O3. The van der Waals surface area contributed by atoms with Crippen LogP contribution in [0.15, 0.2) is 29.4 Å². The number of carbonyl (C=O) groups excluding carboxylic acids is 1. The Kier molecular flexibility index (Phi) is 4.32. The van der Waals surface area contributed by atoms with Gasteiger partial charge in [0.2, 0.25) is 0 Å². The number of ether oxygens (including phenoxy) is 1. The Bertz CT molecular complexity index is 410. The van der Waals surface area contributed by atoms with Gasteiger partial charge in [-0.25, -0.2) is 4.79 Å². The number of nitrogens with zero attached hydrogens (tertiary/aromatic N) is 3. The number of esters is 1. The van der Waals surface area contributed by atoms with Gasteiger partial charge in [0.15, 0.2) is 0 Å². The molecule has 0 heterocycles. The third-order valence-corrected chi connectivity index (χ3v) is 2.08. The van der Waals surface area contributed by atoms with E-state index in [0.29, 0.717) is 11.1 Å². The number of azide groups is 1. The first-order valence-corrected chi connectivity index (χ1v) is 4.56. The summed E-state index contributed by atoms with van der Waals surface area (Å²) in [6.45, 7) is -0.276. The van der Waals surface area contributed by atoms with Crippen LogP contribution in [0.1, 0.15) is 22.0 Å². The molecule has 16 heavy (non-hydrogen) atoms. The molecule has 0 spiro atoms. The Balaban J connectivity index is 2.93. The highest BCUT2D eigenvalue weighted by atomic mass is 16.5. The predicted molar refractivity (Wildman–Crippen MR) is 56.8 cm³/mol. The Morgan fingerprint density at radius 2 is 2.19 bits per heavy atom. The molecule has 0 amide bonds. The third-order valence-electron chi connectivity index (χ3n) is 2.08. The molecule has 0 aliphatic heterocycles. The van der Waals surface area contributed by atoms with Gasteiger partial charge in [0.05, 0.1) is 25.3 Å². The maximum atomic E-state index is 11.1. The van der Waals surface area contributed by atoms with Gasteiger partial charge < -0.3 is 9.84 Å². The van der Waals surface area contributed by atoms with Gasteiger partial charge in [0.25, 0.3) is 0 Å². The molecule has 0 aliphatic rings. The van der Waals surface area contributed by atoms with Crippen molar-refractivity contribution in [1.29, 1.82) is 0 Å². The minimum atomic E-state index is -0.628. The number of methoxy groups -OCH3 is 1. The molecule has 1 aromatic carbocycles. The number of aliphatic hydroxyl groups excluding tert-OH is 1. The smallest absolute Gasteiger partial charge is 0.337 e. The van der Waals surface area contributed by atoms with Gasteiger partial charge in [-0.05, 0) is 23.2 Å². The number of hydrogen-bond acceptors (Lipinski definition) is 4. The molecule has 0 saturated heterocycles. The zero-order chi connectivity index (χ0) is 12.0. The van der Waals surface area contributed by atoms with Crippen LogP contribution in [0.25, 0.3) is 10.4 Å². The lowest BCUT2D eigenvalue weighted by Gasteiger charge is -2.08. The summed E-state index contributed by atoms with van der Waals surface area (Å²) in [6.07, 6.45) is 0. The van der Waals surface area contributed by atoms with Gasteiger partial charge in [0, 0.05) is 4.91 Å². The van der Waals surface area contributed by atoms with Gasteiger partial charge in [-0.3, -0.25) is 0 Å². The lowest BCUT2D eigenvalue weighted by molar-refractivity contribution is 0.0600. The van der Waals surface area contributed by atoms with Crippen LogP contribution in [-0.2, 0) is 4.74 Å². The second-order valence-corrected chi connectivity index (χ2v) is 3.02. The van der Waals surface area contributed by atoms with Crippen LogP contribution in [0.2, 0.25) is 0 Å². The Morgan fingerprint density at radius 3 is 2.62 bits per heavy atom. The highest BCUT2D eigenvalue weighted by molar-refractivity contribution is 5.89. The Labute approximate surface area is 92.1 Å². The molecular weight excluding hydrogens is 210 g/mol. The zero-order valence-electron chi connectivity index (χ0n) is 8.70. The molecule has 6 nitrogen and oxygen atoms in total. The highest BCUT2D eigenvalue weighted by Gasteiger charge is 2.09. The molecule has 0 saturated carbocycles. The summed E-state index contributed by atoms with van der Waals surface area (Å²) in [5.74, 6) is -0.434. The summed E-state index contributed by atoms with van der Waals surface area (Å²) < 4.78 is 4.54. The lowest BCUT2D eigenvalue weighted by atomic mass is 10.1. The average Bonchev–Trinajstić information content (AvgIpc) is 2.35. The van der Waals surface area contributed by atoms with Crippen molar-refractivity contribution in [3.63, 3.8) is 0 Å². The first-order chi connectivity index (χ1) is 7.72. The van der Waals surface area contributed by atoms with E-state index in [4.69, 9.17) is 10.6 Å². The van der Waals surface area contributed by atoms with Crippen molar-refractivity contribution in [3.8, 4) is 0 Å². The Hall–Kier alpha value is -2.04. The molecule has 0 bridgehead atoms. The van der Waals surface area contributed by atoms with E-state index in [-0.39, 0.29) is 6.61 Å². The fourth-order valence-corrected chi connectivity index (χ4v) is 1.23. The number of hydrogen-bond donors (Lipinski definition) is 1. The van der Waals surface area contributed by atoms with E-state index in [1.54, 1.807) is 24.3 Å². The van der Waals surface area contributed by atoms with Crippen molar-refractivity contribution in [1.82, 2.24) is 0 Å². The van der Waals surface area contributed by atoms with Gasteiger partial charge in [0.1, 0.15) is 0 Å². The molecule has 1 N–H and O–H groups in total. The summed E-state index contributed by atoms with van der Waals surface area (Å²) in [4.78, 5) is 13.8. The molecule has 0 fully saturated rings. The molecule has 1 rings (SSSR count). The van der Waals surface area contributed by atoms with Crippen LogP contribution >= 0.6 is 0 Å². The summed E-state index contributed by atoms with van der Waals surface area (Å²) in [5.41, 5.74) is 9.34. The first-order valence-electron chi connectivity index (χ1n) is 4.56.